The largest absolute Gasteiger partial charge is 0.477 e. The maximum absolute atomic E-state index is 13.9. The molecule has 6 nitrogen and oxygen atoms in total. The fraction of sp³-hybridized carbons (Fsp3) is 0.211. The van der Waals surface area contributed by atoms with Crippen LogP contribution in [0.15, 0.2) is 41.3 Å². The summed E-state index contributed by atoms with van der Waals surface area (Å²) in [6.07, 6.45) is 3.20. The number of carboxylic acids is 1. The van der Waals surface area contributed by atoms with Gasteiger partial charge in [0.2, 0.25) is 0 Å². The highest BCUT2D eigenvalue weighted by Crippen LogP contribution is 2.23. The van der Waals surface area contributed by atoms with Gasteiger partial charge < -0.3 is 15.0 Å². The molecule has 0 aliphatic rings. The Hall–Kier alpha value is -2.81. The van der Waals surface area contributed by atoms with Gasteiger partial charge in [-0.05, 0) is 31.5 Å². The summed E-state index contributed by atoms with van der Waals surface area (Å²) in [5.74, 6) is -1.76. The van der Waals surface area contributed by atoms with Gasteiger partial charge in [-0.25, -0.2) is 23.5 Å². The molecule has 0 aliphatic carbocycles. The number of aryl methyl sites for hydroxylation is 1. The van der Waals surface area contributed by atoms with E-state index in [0.29, 0.717) is 28.1 Å². The lowest BCUT2D eigenvalue weighted by Gasteiger charge is -2.08. The second kappa shape index (κ2) is 8.47. The Morgan fingerprint density at radius 2 is 1.93 bits per heavy atom. The van der Waals surface area contributed by atoms with Gasteiger partial charge in [-0.3, -0.25) is 0 Å². The van der Waals surface area contributed by atoms with Crippen LogP contribution in [-0.4, -0.2) is 32.2 Å². The molecule has 3 aromatic rings. The molecule has 0 bridgehead atoms. The summed E-state index contributed by atoms with van der Waals surface area (Å²) in [7, 11) is 0. The molecule has 2 heterocycles. The zero-order valence-corrected chi connectivity index (χ0v) is 16.5. The Balaban J connectivity index is 1.73. The van der Waals surface area contributed by atoms with E-state index >= 15 is 0 Å². The molecule has 0 unspecified atom stereocenters. The summed E-state index contributed by atoms with van der Waals surface area (Å²) < 4.78 is 29.7. The summed E-state index contributed by atoms with van der Waals surface area (Å²) in [5.41, 5.74) is 1.37. The quantitative estimate of drug-likeness (QED) is 0.558. The lowest BCUT2D eigenvalue weighted by Crippen LogP contribution is -2.09. The van der Waals surface area contributed by atoms with Crippen LogP contribution < -0.4 is 5.32 Å². The molecule has 0 saturated carbocycles. The number of aromatic carboxylic acids is 1. The minimum absolute atomic E-state index is 0.00361. The number of nitrogens with zero attached hydrogens (tertiary/aromatic N) is 3. The fourth-order valence-corrected chi connectivity index (χ4v) is 3.23. The van der Waals surface area contributed by atoms with E-state index in [4.69, 9.17) is 0 Å². The second-order valence-corrected chi connectivity index (χ2v) is 6.93. The molecule has 0 amide bonds. The van der Waals surface area contributed by atoms with Gasteiger partial charge in [0, 0.05) is 41.0 Å². The number of carboxylic acid groups (broad SMARTS) is 1. The van der Waals surface area contributed by atoms with Gasteiger partial charge in [0.05, 0.1) is 5.69 Å². The number of halogens is 3. The summed E-state index contributed by atoms with van der Waals surface area (Å²) >= 11 is 3.05. The summed E-state index contributed by atoms with van der Waals surface area (Å²) in [6.45, 7) is 2.63. The van der Waals surface area contributed by atoms with Crippen LogP contribution >= 0.6 is 15.9 Å². The van der Waals surface area contributed by atoms with E-state index in [9.17, 15) is 18.7 Å². The van der Waals surface area contributed by atoms with E-state index in [2.05, 4.69) is 31.2 Å². The minimum Gasteiger partial charge on any atom is -0.477 e. The molecule has 1 aromatic carbocycles. The van der Waals surface area contributed by atoms with E-state index < -0.39 is 17.6 Å². The second-order valence-electron chi connectivity index (χ2n) is 6.02. The molecule has 0 atom stereocenters. The Labute approximate surface area is 168 Å². The fourth-order valence-electron chi connectivity index (χ4n) is 2.83. The average Bonchev–Trinajstić information content (AvgIpc) is 3.09. The van der Waals surface area contributed by atoms with Crippen molar-refractivity contribution in [2.24, 2.45) is 0 Å². The van der Waals surface area contributed by atoms with Gasteiger partial charge >= 0.3 is 5.97 Å². The molecular formula is C19H17BrF2N4O2. The standard InChI is InChI=1S/C19H17BrF2N4O2/c1-2-26-9-11(5-17(26)19(27)28)16-8-18(25-10-24-16)23-4-3-13-14(21)6-12(20)7-15(13)22/h5-10H,2-4H2,1H3,(H,27,28)(H,23,24,25). The van der Waals surface area contributed by atoms with E-state index in [1.54, 1.807) is 22.9 Å². The van der Waals surface area contributed by atoms with E-state index in [1.807, 2.05) is 6.92 Å². The molecule has 28 heavy (non-hydrogen) atoms. The van der Waals surface area contributed by atoms with Crippen LogP contribution in [-0.2, 0) is 13.0 Å². The van der Waals surface area contributed by atoms with Crippen molar-refractivity contribution in [3.8, 4) is 11.3 Å². The summed E-state index contributed by atoms with van der Waals surface area (Å²) in [6, 6.07) is 5.65. The molecule has 0 radical (unpaired) electrons. The number of benzene rings is 1. The third kappa shape index (κ3) is 4.36. The van der Waals surface area contributed by atoms with Crippen LogP contribution in [0.5, 0.6) is 0 Å². The highest BCUT2D eigenvalue weighted by molar-refractivity contribution is 9.10. The van der Waals surface area contributed by atoms with Crippen LogP contribution in [0.2, 0.25) is 0 Å². The Kier molecular flexibility index (Phi) is 6.03. The topological polar surface area (TPSA) is 80.0 Å². The third-order valence-electron chi connectivity index (χ3n) is 4.21. The Morgan fingerprint density at radius 3 is 2.54 bits per heavy atom. The van der Waals surface area contributed by atoms with Crippen molar-refractivity contribution in [3.05, 3.63) is 64.2 Å². The number of rotatable bonds is 7. The van der Waals surface area contributed by atoms with Gasteiger partial charge in [-0.15, -0.1) is 0 Å². The van der Waals surface area contributed by atoms with Crippen molar-refractivity contribution in [3.63, 3.8) is 0 Å². The number of hydrogen-bond acceptors (Lipinski definition) is 4. The van der Waals surface area contributed by atoms with Crippen molar-refractivity contribution in [2.45, 2.75) is 19.9 Å². The van der Waals surface area contributed by atoms with Crippen molar-refractivity contribution in [1.29, 1.82) is 0 Å². The summed E-state index contributed by atoms with van der Waals surface area (Å²) in [4.78, 5) is 19.6. The van der Waals surface area contributed by atoms with Crippen LogP contribution in [0, 0.1) is 11.6 Å². The number of carbonyl (C=O) groups is 1. The van der Waals surface area contributed by atoms with Crippen LogP contribution in [0.1, 0.15) is 23.0 Å². The molecule has 2 N–H and O–H groups in total. The molecule has 3 rings (SSSR count). The monoisotopic (exact) mass is 450 g/mol. The molecule has 0 saturated heterocycles. The van der Waals surface area contributed by atoms with Crippen LogP contribution in [0.3, 0.4) is 0 Å². The number of nitrogens with one attached hydrogen (secondary N) is 1. The first-order chi connectivity index (χ1) is 13.4. The number of aromatic nitrogens is 3. The third-order valence-corrected chi connectivity index (χ3v) is 4.66. The van der Waals surface area contributed by atoms with E-state index in [0.717, 1.165) is 0 Å². The maximum Gasteiger partial charge on any atom is 0.352 e. The Bertz CT molecular complexity index is 1000. The van der Waals surface area contributed by atoms with Crippen LogP contribution in [0.25, 0.3) is 11.3 Å². The SMILES string of the molecule is CCn1cc(-c2cc(NCCc3c(F)cc(Br)cc3F)ncn2)cc1C(=O)O. The zero-order valence-electron chi connectivity index (χ0n) is 14.9. The molecule has 0 spiro atoms. The van der Waals surface area contributed by atoms with Crippen molar-refractivity contribution in [2.75, 3.05) is 11.9 Å². The average molecular weight is 451 g/mol. The molecule has 0 fully saturated rings. The van der Waals surface area contributed by atoms with E-state index in [-0.39, 0.29) is 24.2 Å². The van der Waals surface area contributed by atoms with Gasteiger partial charge in [0.1, 0.15) is 29.5 Å². The van der Waals surface area contributed by atoms with Gasteiger partial charge in [0.25, 0.3) is 0 Å². The Morgan fingerprint density at radius 1 is 1.21 bits per heavy atom. The minimum atomic E-state index is -1.01. The van der Waals surface area contributed by atoms with Crippen LogP contribution in [0.4, 0.5) is 14.6 Å². The molecule has 2 aromatic heterocycles. The first kappa shape index (κ1) is 19.9. The van der Waals surface area contributed by atoms with Crippen molar-refractivity contribution in [1.82, 2.24) is 14.5 Å². The van der Waals surface area contributed by atoms with Gasteiger partial charge in [-0.2, -0.15) is 0 Å². The summed E-state index contributed by atoms with van der Waals surface area (Å²) in [5, 5.41) is 12.3. The predicted octanol–water partition coefficient (Wildman–Crippen LogP) is 4.36. The maximum atomic E-state index is 13.9. The van der Waals surface area contributed by atoms with E-state index in [1.165, 1.54) is 18.5 Å². The first-order valence-corrected chi connectivity index (χ1v) is 9.31. The molecule has 9 heteroatoms. The van der Waals surface area contributed by atoms with Crippen molar-refractivity contribution < 1.29 is 18.7 Å². The van der Waals surface area contributed by atoms with Crippen molar-refractivity contribution >= 4 is 27.7 Å². The molecule has 0 aliphatic heterocycles. The number of anilines is 1. The highest BCUT2D eigenvalue weighted by Gasteiger charge is 2.14. The van der Waals surface area contributed by atoms with Gasteiger partial charge in [-0.1, -0.05) is 15.9 Å². The molecule has 146 valence electrons. The number of hydrogen-bond donors (Lipinski definition) is 2. The normalized spacial score (nSPS) is 10.9. The lowest BCUT2D eigenvalue weighted by atomic mass is 10.1. The smallest absolute Gasteiger partial charge is 0.352 e. The van der Waals surface area contributed by atoms with Gasteiger partial charge in [0.15, 0.2) is 0 Å². The molecular weight excluding hydrogens is 434 g/mol. The predicted molar refractivity (Wildman–Crippen MR) is 104 cm³/mol. The first-order valence-electron chi connectivity index (χ1n) is 8.52. The lowest BCUT2D eigenvalue weighted by molar-refractivity contribution is 0.0685. The highest BCUT2D eigenvalue weighted by atomic mass is 79.9. The zero-order chi connectivity index (χ0) is 20.3.